The number of halogens is 5. The number of esters is 1. The lowest BCUT2D eigenvalue weighted by Crippen LogP contribution is -2.59. The van der Waals surface area contributed by atoms with E-state index in [0.29, 0.717) is 30.4 Å². The lowest BCUT2D eigenvalue weighted by atomic mass is 9.44. The molecular weight excluding hydrogens is 545 g/mol. The summed E-state index contributed by atoms with van der Waals surface area (Å²) in [4.78, 5) is 30.2. The summed E-state index contributed by atoms with van der Waals surface area (Å²) in [5.41, 5.74) is -0.949. The lowest BCUT2D eigenvalue weighted by molar-refractivity contribution is -0.187. The van der Waals surface area contributed by atoms with E-state index in [0.717, 1.165) is 32.1 Å². The van der Waals surface area contributed by atoms with E-state index in [9.17, 15) is 31.5 Å². The van der Waals surface area contributed by atoms with Crippen molar-refractivity contribution >= 4 is 17.5 Å². The van der Waals surface area contributed by atoms with Crippen LogP contribution in [0.5, 0.6) is 0 Å². The lowest BCUT2D eigenvalue weighted by Gasteiger charge is -2.60. The van der Waals surface area contributed by atoms with Crippen molar-refractivity contribution in [1.82, 2.24) is 0 Å². The van der Waals surface area contributed by atoms with Crippen LogP contribution in [0.3, 0.4) is 0 Å². The number of allylic oxidation sites excluding steroid dienone is 2. The van der Waals surface area contributed by atoms with Gasteiger partial charge in [-0.15, -0.1) is 0 Å². The number of hydrogen-bond acceptors (Lipinski definition) is 5. The molecule has 5 nitrogen and oxygen atoms in total. The number of rotatable bonds is 5. The molecule has 0 radical (unpaired) electrons. The van der Waals surface area contributed by atoms with Crippen LogP contribution >= 0.6 is 0 Å². The minimum atomic E-state index is -2.21. The molecule has 1 aromatic rings. The minimum Gasteiger partial charge on any atom is -0.451 e. The molecule has 1 aromatic carbocycles. The molecule has 0 aromatic heterocycles. The molecule has 0 N–H and O–H groups in total. The van der Waals surface area contributed by atoms with Crippen molar-refractivity contribution in [2.75, 3.05) is 0 Å². The van der Waals surface area contributed by atoms with Crippen molar-refractivity contribution in [2.45, 2.75) is 91.8 Å². The van der Waals surface area contributed by atoms with Gasteiger partial charge < -0.3 is 9.57 Å². The fraction of sp³-hybridized carbons (Fsp3) is 0.645. The molecule has 3 fully saturated rings. The fourth-order valence-corrected chi connectivity index (χ4v) is 9.09. The number of nitrogens with zero attached hydrogens (tertiary/aromatic N) is 1. The maximum Gasteiger partial charge on any atom is 0.303 e. The third kappa shape index (κ3) is 4.33. The van der Waals surface area contributed by atoms with Crippen molar-refractivity contribution in [3.63, 3.8) is 0 Å². The van der Waals surface area contributed by atoms with Crippen LogP contribution in [0, 0.1) is 63.6 Å². The molecule has 10 heteroatoms. The number of benzene rings is 1. The number of ether oxygens (including phenoxy) is 1. The van der Waals surface area contributed by atoms with Gasteiger partial charge in [0.25, 0.3) is 0 Å². The molecule has 224 valence electrons. The van der Waals surface area contributed by atoms with E-state index in [1.165, 1.54) is 19.4 Å². The van der Waals surface area contributed by atoms with Crippen molar-refractivity contribution in [1.29, 1.82) is 0 Å². The van der Waals surface area contributed by atoms with E-state index in [-0.39, 0.29) is 23.0 Å². The van der Waals surface area contributed by atoms with Crippen molar-refractivity contribution in [3.05, 3.63) is 46.3 Å². The maximum atomic E-state index is 14.0. The highest BCUT2D eigenvalue weighted by Crippen LogP contribution is 2.69. The molecule has 4 aliphatic carbocycles. The van der Waals surface area contributed by atoms with Gasteiger partial charge >= 0.3 is 5.97 Å². The standard InChI is InChI=1S/C31H36F5NO4/c1-15-12-19-21(7-10-30(5)22(19)8-11-31(30,16(2)38)41-17(3)39)29(4)9-6-18(13-23(15)29)37-40-14-20-24(32)26(34)28(36)27(35)25(20)33/h13,15,19,21-22H,6-12,14H2,1-5H3/b37-18+/t15?,19-,21+,22+,29-,30+,31+/m1/s1. The number of hydrogen-bond donors (Lipinski definition) is 0. The number of fused-ring (bicyclic) bond motifs is 5. The predicted molar refractivity (Wildman–Crippen MR) is 140 cm³/mol. The zero-order valence-electron chi connectivity index (χ0n) is 24.0. The summed E-state index contributed by atoms with van der Waals surface area (Å²) in [7, 11) is 0. The Kier molecular flexibility index (Phi) is 7.38. The fourth-order valence-electron chi connectivity index (χ4n) is 9.09. The molecule has 3 saturated carbocycles. The summed E-state index contributed by atoms with van der Waals surface area (Å²) in [6.45, 7) is 8.55. The second-order valence-electron chi connectivity index (χ2n) is 12.9. The average Bonchev–Trinajstić information content (AvgIpc) is 3.21. The largest absolute Gasteiger partial charge is 0.451 e. The summed E-state index contributed by atoms with van der Waals surface area (Å²) in [6, 6.07) is 0. The van der Waals surface area contributed by atoms with Crippen LogP contribution in [0.4, 0.5) is 22.0 Å². The van der Waals surface area contributed by atoms with Gasteiger partial charge in [-0.3, -0.25) is 9.59 Å². The van der Waals surface area contributed by atoms with E-state index in [2.05, 4.69) is 25.9 Å². The Balaban J connectivity index is 1.38. The van der Waals surface area contributed by atoms with Gasteiger partial charge in [0.15, 0.2) is 34.7 Å². The quantitative estimate of drug-likeness (QED) is 0.120. The molecule has 7 atom stereocenters. The van der Waals surface area contributed by atoms with Crippen LogP contribution in [0.2, 0.25) is 0 Å². The number of oxime groups is 1. The molecule has 0 aliphatic heterocycles. The van der Waals surface area contributed by atoms with Gasteiger partial charge in [0, 0.05) is 12.3 Å². The first-order chi connectivity index (χ1) is 19.2. The Morgan fingerprint density at radius 1 is 0.927 bits per heavy atom. The predicted octanol–water partition coefficient (Wildman–Crippen LogP) is 7.35. The molecule has 5 rings (SSSR count). The molecule has 0 heterocycles. The van der Waals surface area contributed by atoms with Gasteiger partial charge in [0.05, 0.1) is 11.3 Å². The summed E-state index contributed by atoms with van der Waals surface area (Å²) < 4.78 is 74.3. The summed E-state index contributed by atoms with van der Waals surface area (Å²) in [6.07, 6.45) is 7.18. The van der Waals surface area contributed by atoms with Crippen LogP contribution in [-0.4, -0.2) is 23.1 Å². The average molecular weight is 582 g/mol. The second-order valence-corrected chi connectivity index (χ2v) is 12.9. The van der Waals surface area contributed by atoms with Crippen molar-refractivity contribution in [2.24, 2.45) is 39.7 Å². The van der Waals surface area contributed by atoms with Gasteiger partial charge in [-0.1, -0.05) is 31.5 Å². The highest BCUT2D eigenvalue weighted by atomic mass is 19.2. The van der Waals surface area contributed by atoms with Gasteiger partial charge in [0.1, 0.15) is 6.61 Å². The second kappa shape index (κ2) is 10.2. The molecule has 0 spiro atoms. The molecular formula is C31H36F5NO4. The molecule has 0 amide bonds. The van der Waals surface area contributed by atoms with E-state index >= 15 is 0 Å². The summed E-state index contributed by atoms with van der Waals surface area (Å²) >= 11 is 0. The summed E-state index contributed by atoms with van der Waals surface area (Å²) in [5.74, 6) is -9.48. The van der Waals surface area contributed by atoms with Gasteiger partial charge in [-0.2, -0.15) is 0 Å². The first-order valence-electron chi connectivity index (χ1n) is 14.3. The number of carbonyl (C=O) groups excluding carboxylic acids is 2. The van der Waals surface area contributed by atoms with E-state index < -0.39 is 58.2 Å². The number of Topliss-reactive ketones (excluding diaryl/α,β-unsaturated/α-hetero) is 1. The zero-order chi connectivity index (χ0) is 30.1. The van der Waals surface area contributed by atoms with Gasteiger partial charge in [0.2, 0.25) is 5.82 Å². The van der Waals surface area contributed by atoms with E-state index in [1.54, 1.807) is 0 Å². The molecule has 41 heavy (non-hydrogen) atoms. The SMILES string of the molecule is CC(=O)O[C@]1(C(C)=O)CC[C@H]2[C@@H]3CC(C)C4=C/C(=N/OCc5c(F)c(F)c(F)c(F)c5F)CC[C@]4(C)[C@H]3CC[C@@]21C. The Bertz CT molecular complexity index is 1330. The molecule has 4 aliphatic rings. The van der Waals surface area contributed by atoms with Crippen molar-refractivity contribution < 1.29 is 41.1 Å². The summed E-state index contributed by atoms with van der Waals surface area (Å²) in [5, 5.41) is 4.02. The Labute approximate surface area is 236 Å². The van der Waals surface area contributed by atoms with Crippen LogP contribution in [0.25, 0.3) is 0 Å². The van der Waals surface area contributed by atoms with Crippen LogP contribution < -0.4 is 0 Å². The topological polar surface area (TPSA) is 65.0 Å². The highest BCUT2D eigenvalue weighted by Gasteiger charge is 2.68. The van der Waals surface area contributed by atoms with Gasteiger partial charge in [-0.05, 0) is 87.0 Å². The monoisotopic (exact) mass is 581 g/mol. The Hall–Kier alpha value is -2.78. The Morgan fingerprint density at radius 3 is 2.15 bits per heavy atom. The maximum absolute atomic E-state index is 14.0. The normalized spacial score (nSPS) is 37.1. The number of ketones is 1. The Morgan fingerprint density at radius 2 is 1.54 bits per heavy atom. The first-order valence-corrected chi connectivity index (χ1v) is 14.3. The molecule has 0 bridgehead atoms. The van der Waals surface area contributed by atoms with Crippen LogP contribution in [-0.2, 0) is 25.8 Å². The van der Waals surface area contributed by atoms with Crippen LogP contribution in [0.15, 0.2) is 16.8 Å². The smallest absolute Gasteiger partial charge is 0.303 e. The number of carbonyl (C=O) groups is 2. The van der Waals surface area contributed by atoms with E-state index in [4.69, 9.17) is 9.57 Å². The highest BCUT2D eigenvalue weighted by molar-refractivity contribution is 5.96. The molecule has 0 saturated heterocycles. The minimum absolute atomic E-state index is 0.0869. The zero-order valence-corrected chi connectivity index (χ0v) is 24.0. The van der Waals surface area contributed by atoms with Gasteiger partial charge in [-0.25, -0.2) is 22.0 Å². The van der Waals surface area contributed by atoms with Crippen molar-refractivity contribution in [3.8, 4) is 0 Å². The molecule has 1 unspecified atom stereocenters. The van der Waals surface area contributed by atoms with Crippen LogP contribution in [0.1, 0.15) is 85.1 Å². The third-order valence-corrected chi connectivity index (χ3v) is 11.0. The first kappa shape index (κ1) is 29.7. The third-order valence-electron chi connectivity index (χ3n) is 11.0. The van der Waals surface area contributed by atoms with E-state index in [1.807, 2.05) is 6.08 Å².